The fourth-order valence-electron chi connectivity index (χ4n) is 6.97. The van der Waals surface area contributed by atoms with E-state index in [-0.39, 0.29) is 12.5 Å². The van der Waals surface area contributed by atoms with Gasteiger partial charge >= 0.3 is 5.91 Å². The molecule has 2 unspecified atom stereocenters. The normalized spacial score (nSPS) is 23.0. The minimum absolute atomic E-state index is 0.0315. The second-order valence-electron chi connectivity index (χ2n) is 12.1. The highest BCUT2D eigenvalue weighted by Crippen LogP contribution is 2.53. The highest BCUT2D eigenvalue weighted by molar-refractivity contribution is 5.95. The van der Waals surface area contributed by atoms with Gasteiger partial charge in [-0.05, 0) is 59.1 Å². The van der Waals surface area contributed by atoms with Crippen molar-refractivity contribution >= 4 is 33.3 Å². The summed E-state index contributed by atoms with van der Waals surface area (Å²) < 4.78 is 7.56. The molecule has 196 valence electrons. The minimum atomic E-state index is -0.516. The summed E-state index contributed by atoms with van der Waals surface area (Å²) in [6.45, 7) is 8.47. The summed E-state index contributed by atoms with van der Waals surface area (Å²) in [6.07, 6.45) is 3.56. The van der Waals surface area contributed by atoms with Gasteiger partial charge < -0.3 is 9.84 Å². The Kier molecular flexibility index (Phi) is 5.99. The Balaban J connectivity index is 1.20. The molecule has 3 aromatic carbocycles. The molecule has 2 bridgehead atoms. The Morgan fingerprint density at radius 2 is 1.79 bits per heavy atom. The second kappa shape index (κ2) is 9.24. The lowest BCUT2D eigenvalue weighted by Gasteiger charge is -2.40. The first kappa shape index (κ1) is 24.6. The fourth-order valence-corrected chi connectivity index (χ4v) is 6.97. The van der Waals surface area contributed by atoms with Gasteiger partial charge in [0.2, 0.25) is 5.88 Å². The van der Waals surface area contributed by atoms with E-state index < -0.39 is 5.91 Å². The van der Waals surface area contributed by atoms with Gasteiger partial charge in [-0.1, -0.05) is 69.3 Å². The van der Waals surface area contributed by atoms with Crippen LogP contribution in [0.15, 0.2) is 77.0 Å². The molecule has 4 aromatic rings. The Labute approximate surface area is 222 Å². The number of fused-ring (bicyclic) bond motifs is 4. The van der Waals surface area contributed by atoms with Crippen molar-refractivity contribution in [3.05, 3.63) is 66.7 Å². The number of amides is 1. The highest BCUT2D eigenvalue weighted by atomic mass is 16.5. The van der Waals surface area contributed by atoms with E-state index in [0.717, 1.165) is 34.6 Å². The quantitative estimate of drug-likeness (QED) is 0.282. The third kappa shape index (κ3) is 4.67. The monoisotopic (exact) mass is 510 g/mol. The molecule has 1 aromatic heterocycles. The van der Waals surface area contributed by atoms with Crippen LogP contribution in [-0.4, -0.2) is 39.7 Å². The standard InChI is InChI=1S/C31H34N4O3/c1-30(2)15-23-16-31(3,18-30)19-34(23)20-35-26-11-7-6-10-25(26)28(29(35)37)33-32-27(36)17-38-24-13-12-21-8-4-5-9-22(21)14-24/h4-14,23,37H,15-20H2,1-3H3. The van der Waals surface area contributed by atoms with Crippen molar-refractivity contribution < 1.29 is 14.6 Å². The number of nitrogens with zero attached hydrogens (tertiary/aromatic N) is 4. The number of carbonyl (C=O) groups is 1. The Morgan fingerprint density at radius 3 is 2.63 bits per heavy atom. The van der Waals surface area contributed by atoms with E-state index in [9.17, 15) is 9.90 Å². The van der Waals surface area contributed by atoms with Crippen LogP contribution in [-0.2, 0) is 11.5 Å². The topological polar surface area (TPSA) is 79.4 Å². The molecule has 2 aliphatic rings. The van der Waals surface area contributed by atoms with E-state index in [1.54, 1.807) is 0 Å². The zero-order chi connectivity index (χ0) is 26.5. The van der Waals surface area contributed by atoms with Gasteiger partial charge in [0.25, 0.3) is 0 Å². The number of carbonyl (C=O) groups excluding carboxylic acids is 1. The first-order chi connectivity index (χ1) is 18.2. The number of aromatic nitrogens is 1. The molecule has 2 atom stereocenters. The summed E-state index contributed by atoms with van der Waals surface area (Å²) in [4.78, 5) is 15.0. The lowest BCUT2D eigenvalue weighted by molar-refractivity contribution is -0.120. The number of hydrogen-bond donors (Lipinski definition) is 1. The van der Waals surface area contributed by atoms with Gasteiger partial charge in [0.1, 0.15) is 5.75 Å². The summed E-state index contributed by atoms with van der Waals surface area (Å²) in [6, 6.07) is 21.9. The summed E-state index contributed by atoms with van der Waals surface area (Å²) in [5, 5.41) is 22.2. The number of ether oxygens (including phenoxy) is 1. The Morgan fingerprint density at radius 1 is 1.03 bits per heavy atom. The molecule has 1 saturated carbocycles. The predicted octanol–water partition coefficient (Wildman–Crippen LogP) is 7.05. The van der Waals surface area contributed by atoms with Crippen molar-refractivity contribution in [2.24, 2.45) is 21.1 Å². The van der Waals surface area contributed by atoms with Crippen LogP contribution in [0.3, 0.4) is 0 Å². The zero-order valence-corrected chi connectivity index (χ0v) is 22.2. The number of aromatic hydroxyl groups is 1. The molecule has 38 heavy (non-hydrogen) atoms. The van der Waals surface area contributed by atoms with Crippen LogP contribution in [0.4, 0.5) is 5.69 Å². The van der Waals surface area contributed by atoms with Crippen molar-refractivity contribution in [2.75, 3.05) is 13.2 Å². The number of hydrogen-bond acceptors (Lipinski definition) is 5. The fraction of sp³-hybridized carbons (Fsp3) is 0.387. The molecule has 6 rings (SSSR count). The van der Waals surface area contributed by atoms with Gasteiger partial charge in [-0.25, -0.2) is 0 Å². The molecule has 2 heterocycles. The Bertz CT molecular complexity index is 1560. The van der Waals surface area contributed by atoms with Gasteiger partial charge in [-0.15, -0.1) is 10.2 Å². The van der Waals surface area contributed by atoms with Crippen molar-refractivity contribution in [3.63, 3.8) is 0 Å². The number of azo groups is 1. The predicted molar refractivity (Wildman–Crippen MR) is 149 cm³/mol. The van der Waals surface area contributed by atoms with Crippen LogP contribution < -0.4 is 4.74 Å². The maximum Gasteiger partial charge on any atom is 0.302 e. The summed E-state index contributed by atoms with van der Waals surface area (Å²) in [5.74, 6) is 0.112. The summed E-state index contributed by atoms with van der Waals surface area (Å²) in [5.41, 5.74) is 1.81. The van der Waals surface area contributed by atoms with Gasteiger partial charge in [0, 0.05) is 18.0 Å². The van der Waals surface area contributed by atoms with E-state index in [1.807, 2.05) is 71.3 Å². The Hall–Kier alpha value is -3.71. The summed E-state index contributed by atoms with van der Waals surface area (Å²) in [7, 11) is 0. The maximum absolute atomic E-state index is 12.5. The first-order valence-electron chi connectivity index (χ1n) is 13.3. The number of likely N-dealkylation sites (tertiary alicyclic amines) is 1. The van der Waals surface area contributed by atoms with Crippen molar-refractivity contribution in [2.45, 2.75) is 52.7 Å². The third-order valence-corrected chi connectivity index (χ3v) is 8.11. The van der Waals surface area contributed by atoms with E-state index >= 15 is 0 Å². The SMILES string of the molecule is CC1(C)CC2CC(C)(CN2Cn2c(O)c(N=NC(=O)COc3ccc4ccccc4c3)c3ccccc32)C1. The van der Waals surface area contributed by atoms with Crippen molar-refractivity contribution in [1.29, 1.82) is 0 Å². The molecule has 1 amide bonds. The molecule has 7 heteroatoms. The van der Waals surface area contributed by atoms with Crippen LogP contribution in [0.1, 0.15) is 40.0 Å². The second-order valence-corrected chi connectivity index (χ2v) is 12.1. The first-order valence-corrected chi connectivity index (χ1v) is 13.3. The number of benzene rings is 3. The van der Waals surface area contributed by atoms with Gasteiger partial charge in [-0.2, -0.15) is 0 Å². The largest absolute Gasteiger partial charge is 0.493 e. The van der Waals surface area contributed by atoms with E-state index in [2.05, 4.69) is 35.9 Å². The summed E-state index contributed by atoms with van der Waals surface area (Å²) >= 11 is 0. The smallest absolute Gasteiger partial charge is 0.302 e. The number of para-hydroxylation sites is 1. The van der Waals surface area contributed by atoms with E-state index in [1.165, 1.54) is 12.8 Å². The molecule has 1 aliphatic heterocycles. The van der Waals surface area contributed by atoms with Crippen LogP contribution >= 0.6 is 0 Å². The van der Waals surface area contributed by atoms with Crippen LogP contribution in [0.25, 0.3) is 21.7 Å². The molecule has 1 N–H and O–H groups in total. The molecule has 0 radical (unpaired) electrons. The molecule has 1 saturated heterocycles. The van der Waals surface area contributed by atoms with Gasteiger partial charge in [0.15, 0.2) is 12.3 Å². The van der Waals surface area contributed by atoms with Crippen LogP contribution in [0, 0.1) is 10.8 Å². The van der Waals surface area contributed by atoms with Crippen LogP contribution in [0.2, 0.25) is 0 Å². The van der Waals surface area contributed by atoms with Gasteiger partial charge in [-0.3, -0.25) is 14.3 Å². The third-order valence-electron chi connectivity index (χ3n) is 8.11. The highest BCUT2D eigenvalue weighted by Gasteiger charge is 2.49. The van der Waals surface area contributed by atoms with E-state index in [0.29, 0.717) is 35.0 Å². The molecule has 1 aliphatic carbocycles. The minimum Gasteiger partial charge on any atom is -0.493 e. The lowest BCUT2D eigenvalue weighted by atomic mass is 9.65. The molecule has 7 nitrogen and oxygen atoms in total. The van der Waals surface area contributed by atoms with Crippen molar-refractivity contribution in [1.82, 2.24) is 9.47 Å². The van der Waals surface area contributed by atoms with Crippen LogP contribution in [0.5, 0.6) is 11.6 Å². The molecule has 2 fully saturated rings. The zero-order valence-electron chi connectivity index (χ0n) is 22.2. The molecule has 0 spiro atoms. The van der Waals surface area contributed by atoms with Gasteiger partial charge in [0.05, 0.1) is 12.2 Å². The number of rotatable bonds is 6. The lowest BCUT2D eigenvalue weighted by Crippen LogP contribution is -2.35. The molecular weight excluding hydrogens is 476 g/mol. The van der Waals surface area contributed by atoms with Crippen molar-refractivity contribution in [3.8, 4) is 11.6 Å². The molecular formula is C31H34N4O3. The average molecular weight is 511 g/mol. The average Bonchev–Trinajstić information content (AvgIpc) is 3.29. The maximum atomic E-state index is 12.5. The van der Waals surface area contributed by atoms with E-state index in [4.69, 9.17) is 4.74 Å².